The van der Waals surface area contributed by atoms with E-state index in [0.29, 0.717) is 16.6 Å². The maximum Gasteiger partial charge on any atom is 0.336 e. The standard InChI is InChI=1S/C20H20N2O2S/c1-12(2)15-6-4-5-7-17(15)22-20(25)21-14-8-9-16-13(3)10-19(23)24-18(16)11-14/h4-12H,1-3H3,(H2,21,22,25). The van der Waals surface area contributed by atoms with E-state index in [1.54, 1.807) is 6.07 Å². The van der Waals surface area contributed by atoms with Crippen molar-refractivity contribution in [2.75, 3.05) is 10.6 Å². The fourth-order valence-corrected chi connectivity index (χ4v) is 3.03. The van der Waals surface area contributed by atoms with Crippen LogP contribution in [-0.2, 0) is 0 Å². The van der Waals surface area contributed by atoms with Crippen molar-refractivity contribution in [1.82, 2.24) is 0 Å². The summed E-state index contributed by atoms with van der Waals surface area (Å²) in [5, 5.41) is 7.78. The summed E-state index contributed by atoms with van der Waals surface area (Å²) in [6, 6.07) is 15.2. The maximum atomic E-state index is 11.6. The third kappa shape index (κ3) is 3.88. The van der Waals surface area contributed by atoms with Gasteiger partial charge in [-0.2, -0.15) is 0 Å². The van der Waals surface area contributed by atoms with Gasteiger partial charge in [0.2, 0.25) is 0 Å². The van der Waals surface area contributed by atoms with E-state index < -0.39 is 0 Å². The van der Waals surface area contributed by atoms with Crippen molar-refractivity contribution in [3.8, 4) is 0 Å². The molecule has 0 aliphatic heterocycles. The fourth-order valence-electron chi connectivity index (χ4n) is 2.80. The molecule has 3 rings (SSSR count). The zero-order valence-corrected chi connectivity index (χ0v) is 15.2. The number of anilines is 2. The van der Waals surface area contributed by atoms with Crippen LogP contribution in [-0.4, -0.2) is 5.11 Å². The van der Waals surface area contributed by atoms with Crippen LogP contribution in [0.25, 0.3) is 11.0 Å². The maximum absolute atomic E-state index is 11.6. The van der Waals surface area contributed by atoms with Crippen molar-refractivity contribution in [3.05, 3.63) is 70.1 Å². The van der Waals surface area contributed by atoms with Gasteiger partial charge in [-0.05, 0) is 54.4 Å². The topological polar surface area (TPSA) is 54.3 Å². The third-order valence-electron chi connectivity index (χ3n) is 4.04. The molecule has 0 spiro atoms. The van der Waals surface area contributed by atoms with E-state index in [4.69, 9.17) is 16.6 Å². The molecular formula is C20H20N2O2S. The van der Waals surface area contributed by atoms with Crippen LogP contribution >= 0.6 is 12.2 Å². The van der Waals surface area contributed by atoms with Crippen LogP contribution in [0.4, 0.5) is 11.4 Å². The number of benzene rings is 2. The van der Waals surface area contributed by atoms with E-state index in [0.717, 1.165) is 22.3 Å². The average molecular weight is 352 g/mol. The van der Waals surface area contributed by atoms with Crippen LogP contribution in [0.15, 0.2) is 57.7 Å². The van der Waals surface area contributed by atoms with E-state index in [-0.39, 0.29) is 5.63 Å². The van der Waals surface area contributed by atoms with Crippen molar-refractivity contribution >= 4 is 39.7 Å². The predicted molar refractivity (Wildman–Crippen MR) is 108 cm³/mol. The molecule has 2 aromatic carbocycles. The van der Waals surface area contributed by atoms with Crippen LogP contribution in [0, 0.1) is 6.92 Å². The van der Waals surface area contributed by atoms with Gasteiger partial charge >= 0.3 is 5.63 Å². The highest BCUT2D eigenvalue weighted by Gasteiger charge is 2.08. The molecule has 0 aliphatic rings. The number of aryl methyl sites for hydroxylation is 1. The van der Waals surface area contributed by atoms with Crippen molar-refractivity contribution < 1.29 is 4.42 Å². The first kappa shape index (κ1) is 17.2. The number of hydrogen-bond donors (Lipinski definition) is 2. The lowest BCUT2D eigenvalue weighted by Crippen LogP contribution is -2.20. The molecule has 0 saturated carbocycles. The number of nitrogens with one attached hydrogen (secondary N) is 2. The Labute approximate surface area is 151 Å². The molecule has 0 bridgehead atoms. The van der Waals surface area contributed by atoms with E-state index in [1.807, 2.05) is 37.3 Å². The summed E-state index contributed by atoms with van der Waals surface area (Å²) < 4.78 is 5.27. The molecule has 0 radical (unpaired) electrons. The molecule has 0 atom stereocenters. The Morgan fingerprint density at radius 2 is 1.84 bits per heavy atom. The van der Waals surface area contributed by atoms with Gasteiger partial charge in [0.25, 0.3) is 0 Å². The van der Waals surface area contributed by atoms with Gasteiger partial charge in [-0.25, -0.2) is 4.79 Å². The van der Waals surface area contributed by atoms with E-state index in [9.17, 15) is 4.79 Å². The fraction of sp³-hybridized carbons (Fsp3) is 0.200. The van der Waals surface area contributed by atoms with Gasteiger partial charge in [-0.3, -0.25) is 0 Å². The quantitative estimate of drug-likeness (QED) is 0.511. The van der Waals surface area contributed by atoms with Gasteiger partial charge in [0.15, 0.2) is 5.11 Å². The average Bonchev–Trinajstić information content (AvgIpc) is 2.54. The second-order valence-corrected chi connectivity index (χ2v) is 6.69. The number of thiocarbonyl (C=S) groups is 1. The summed E-state index contributed by atoms with van der Waals surface area (Å²) in [6.07, 6.45) is 0. The summed E-state index contributed by atoms with van der Waals surface area (Å²) in [4.78, 5) is 11.6. The molecule has 3 aromatic rings. The lowest BCUT2D eigenvalue weighted by atomic mass is 10.0. The van der Waals surface area contributed by atoms with Crippen molar-refractivity contribution in [3.63, 3.8) is 0 Å². The van der Waals surface area contributed by atoms with Crippen molar-refractivity contribution in [2.24, 2.45) is 0 Å². The minimum Gasteiger partial charge on any atom is -0.423 e. The lowest BCUT2D eigenvalue weighted by Gasteiger charge is -2.16. The van der Waals surface area contributed by atoms with Crippen LogP contribution in [0.5, 0.6) is 0 Å². The Hall–Kier alpha value is -2.66. The predicted octanol–water partition coefficient (Wildman–Crippen LogP) is 5.03. The molecule has 25 heavy (non-hydrogen) atoms. The molecule has 0 fully saturated rings. The van der Waals surface area contributed by atoms with E-state index in [2.05, 4.69) is 30.5 Å². The molecule has 0 amide bonds. The Morgan fingerprint density at radius 3 is 2.60 bits per heavy atom. The number of hydrogen-bond acceptors (Lipinski definition) is 3. The largest absolute Gasteiger partial charge is 0.423 e. The second-order valence-electron chi connectivity index (χ2n) is 6.28. The third-order valence-corrected chi connectivity index (χ3v) is 4.24. The monoisotopic (exact) mass is 352 g/mol. The van der Waals surface area contributed by atoms with Crippen LogP contribution < -0.4 is 16.3 Å². The summed E-state index contributed by atoms with van der Waals surface area (Å²) in [7, 11) is 0. The number of fused-ring (bicyclic) bond motifs is 1. The number of para-hydroxylation sites is 1. The highest BCUT2D eigenvalue weighted by atomic mass is 32.1. The Morgan fingerprint density at radius 1 is 1.08 bits per heavy atom. The zero-order valence-electron chi connectivity index (χ0n) is 14.4. The molecule has 4 nitrogen and oxygen atoms in total. The molecular weight excluding hydrogens is 332 g/mol. The Kier molecular flexibility index (Phi) is 4.86. The Balaban J connectivity index is 1.82. The van der Waals surface area contributed by atoms with Crippen molar-refractivity contribution in [2.45, 2.75) is 26.7 Å². The highest BCUT2D eigenvalue weighted by molar-refractivity contribution is 7.80. The normalized spacial score (nSPS) is 10.9. The Bertz CT molecular complexity index is 992. The molecule has 128 valence electrons. The summed E-state index contributed by atoms with van der Waals surface area (Å²) in [6.45, 7) is 6.18. The SMILES string of the molecule is Cc1cc(=O)oc2cc(NC(=S)Nc3ccccc3C(C)C)ccc12. The van der Waals surface area contributed by atoms with Crippen molar-refractivity contribution in [1.29, 1.82) is 0 Å². The highest BCUT2D eigenvalue weighted by Crippen LogP contribution is 2.24. The number of rotatable bonds is 3. The molecule has 2 N–H and O–H groups in total. The van der Waals surface area contributed by atoms with Crippen LogP contribution in [0.1, 0.15) is 30.9 Å². The second kappa shape index (κ2) is 7.07. The molecule has 5 heteroatoms. The zero-order chi connectivity index (χ0) is 18.0. The van der Waals surface area contributed by atoms with Gasteiger partial charge in [-0.1, -0.05) is 32.0 Å². The first-order valence-corrected chi connectivity index (χ1v) is 8.56. The summed E-state index contributed by atoms with van der Waals surface area (Å²) in [5.74, 6) is 0.393. The van der Waals surface area contributed by atoms with Gasteiger partial charge in [0.1, 0.15) is 5.58 Å². The molecule has 1 heterocycles. The first-order chi connectivity index (χ1) is 11.9. The summed E-state index contributed by atoms with van der Waals surface area (Å²) in [5.41, 5.74) is 4.03. The molecule has 0 saturated heterocycles. The van der Waals surface area contributed by atoms with Gasteiger partial charge in [0, 0.05) is 28.9 Å². The summed E-state index contributed by atoms with van der Waals surface area (Å²) >= 11 is 5.42. The van der Waals surface area contributed by atoms with Crippen LogP contribution in [0.3, 0.4) is 0 Å². The first-order valence-electron chi connectivity index (χ1n) is 8.15. The lowest BCUT2D eigenvalue weighted by molar-refractivity contribution is 0.560. The van der Waals surface area contributed by atoms with Gasteiger partial charge < -0.3 is 15.1 Å². The minimum atomic E-state index is -0.353. The van der Waals surface area contributed by atoms with E-state index in [1.165, 1.54) is 11.6 Å². The van der Waals surface area contributed by atoms with Gasteiger partial charge in [-0.15, -0.1) is 0 Å². The van der Waals surface area contributed by atoms with E-state index >= 15 is 0 Å². The minimum absolute atomic E-state index is 0.353. The van der Waals surface area contributed by atoms with Gasteiger partial charge in [0.05, 0.1) is 0 Å². The molecule has 0 unspecified atom stereocenters. The molecule has 1 aromatic heterocycles. The molecule has 0 aliphatic carbocycles. The van der Waals surface area contributed by atoms with Crippen LogP contribution in [0.2, 0.25) is 0 Å². The smallest absolute Gasteiger partial charge is 0.336 e.